The summed E-state index contributed by atoms with van der Waals surface area (Å²) < 4.78 is 8.36. The van der Waals surface area contributed by atoms with Gasteiger partial charge in [0, 0.05) is 26.2 Å². The van der Waals surface area contributed by atoms with Gasteiger partial charge < -0.3 is 9.64 Å². The first-order valence-corrected chi connectivity index (χ1v) is 11.5. The van der Waals surface area contributed by atoms with Crippen LogP contribution in [0.4, 0.5) is 0 Å². The Morgan fingerprint density at radius 3 is 2.47 bits per heavy atom. The standard InChI is InChI=1S/C24H25N5O2S/c1-17(23-25-19-10-6-7-11-21(19)32-23)27-12-14-28(15-13-27)24(30)22-20(31-2)16-29(26-22)18-8-4-3-5-9-18/h3-11,16-17H,12-15H2,1-2H3/t17-/m0/s1. The number of hydrogen-bond acceptors (Lipinski definition) is 6. The highest BCUT2D eigenvalue weighted by molar-refractivity contribution is 7.18. The zero-order chi connectivity index (χ0) is 22.1. The first kappa shape index (κ1) is 20.7. The number of aromatic nitrogens is 3. The van der Waals surface area contributed by atoms with Gasteiger partial charge in [0.05, 0.1) is 35.3 Å². The van der Waals surface area contributed by atoms with Crippen molar-refractivity contribution in [2.45, 2.75) is 13.0 Å². The molecule has 1 amide bonds. The molecule has 2 aromatic carbocycles. The van der Waals surface area contributed by atoms with Crippen LogP contribution in [0.25, 0.3) is 15.9 Å². The fourth-order valence-corrected chi connectivity index (χ4v) is 5.11. The lowest BCUT2D eigenvalue weighted by molar-refractivity contribution is 0.0573. The quantitative estimate of drug-likeness (QED) is 0.463. The number of hydrogen-bond donors (Lipinski definition) is 0. The van der Waals surface area contributed by atoms with Crippen molar-refractivity contribution >= 4 is 27.5 Å². The van der Waals surface area contributed by atoms with Crippen LogP contribution in [0.15, 0.2) is 60.8 Å². The summed E-state index contributed by atoms with van der Waals surface area (Å²) >= 11 is 1.75. The second-order valence-corrected chi connectivity index (χ2v) is 8.91. The molecule has 1 atom stereocenters. The van der Waals surface area contributed by atoms with E-state index >= 15 is 0 Å². The van der Waals surface area contributed by atoms with Crippen LogP contribution in [0.3, 0.4) is 0 Å². The molecule has 0 saturated carbocycles. The van der Waals surface area contributed by atoms with Gasteiger partial charge in [0.1, 0.15) is 5.01 Å². The maximum absolute atomic E-state index is 13.2. The molecule has 5 rings (SSSR count). The normalized spacial score (nSPS) is 15.8. The fourth-order valence-electron chi connectivity index (χ4n) is 4.06. The van der Waals surface area contributed by atoms with Gasteiger partial charge in [-0.1, -0.05) is 30.3 Å². The lowest BCUT2D eigenvalue weighted by atomic mass is 10.2. The van der Waals surface area contributed by atoms with E-state index in [-0.39, 0.29) is 11.9 Å². The molecule has 7 nitrogen and oxygen atoms in total. The van der Waals surface area contributed by atoms with E-state index in [0.717, 1.165) is 29.3 Å². The van der Waals surface area contributed by atoms with E-state index in [4.69, 9.17) is 9.72 Å². The van der Waals surface area contributed by atoms with Gasteiger partial charge in [0.15, 0.2) is 11.4 Å². The number of ether oxygens (including phenoxy) is 1. The molecule has 2 aromatic heterocycles. The van der Waals surface area contributed by atoms with E-state index < -0.39 is 0 Å². The van der Waals surface area contributed by atoms with Gasteiger partial charge >= 0.3 is 0 Å². The van der Waals surface area contributed by atoms with Gasteiger partial charge in [-0.2, -0.15) is 5.10 Å². The molecule has 1 fully saturated rings. The minimum Gasteiger partial charge on any atom is -0.493 e. The number of rotatable bonds is 5. The Bertz CT molecular complexity index is 1190. The van der Waals surface area contributed by atoms with Gasteiger partial charge in [-0.05, 0) is 31.2 Å². The van der Waals surface area contributed by atoms with Crippen LogP contribution >= 0.6 is 11.3 Å². The molecule has 0 aliphatic carbocycles. The molecule has 4 aromatic rings. The SMILES string of the molecule is COc1cn(-c2ccccc2)nc1C(=O)N1CCN([C@@H](C)c2nc3ccccc3s2)CC1. The van der Waals surface area contributed by atoms with E-state index in [2.05, 4.69) is 29.1 Å². The number of methoxy groups -OCH3 is 1. The van der Waals surface area contributed by atoms with Crippen LogP contribution in [-0.2, 0) is 0 Å². The van der Waals surface area contributed by atoms with Crippen molar-refractivity contribution in [2.24, 2.45) is 0 Å². The second-order valence-electron chi connectivity index (χ2n) is 7.85. The van der Waals surface area contributed by atoms with Crippen LogP contribution in [0, 0.1) is 0 Å². The lowest BCUT2D eigenvalue weighted by Crippen LogP contribution is -2.49. The molecule has 0 radical (unpaired) electrons. The third kappa shape index (κ3) is 3.87. The van der Waals surface area contributed by atoms with Crippen molar-refractivity contribution in [2.75, 3.05) is 33.3 Å². The van der Waals surface area contributed by atoms with E-state index in [1.54, 1.807) is 29.3 Å². The molecule has 0 spiro atoms. The largest absolute Gasteiger partial charge is 0.493 e. The predicted octanol–water partition coefficient (Wildman–Crippen LogP) is 4.01. The zero-order valence-corrected chi connectivity index (χ0v) is 19.0. The Balaban J connectivity index is 1.28. The molecule has 0 N–H and O–H groups in total. The highest BCUT2D eigenvalue weighted by Gasteiger charge is 2.29. The van der Waals surface area contributed by atoms with Crippen LogP contribution in [-0.4, -0.2) is 63.8 Å². The van der Waals surface area contributed by atoms with Crippen molar-refractivity contribution in [3.05, 3.63) is 71.5 Å². The first-order chi connectivity index (χ1) is 15.6. The lowest BCUT2D eigenvalue weighted by Gasteiger charge is -2.37. The number of nitrogens with zero attached hydrogens (tertiary/aromatic N) is 5. The summed E-state index contributed by atoms with van der Waals surface area (Å²) in [5, 5.41) is 5.65. The minimum atomic E-state index is -0.0937. The highest BCUT2D eigenvalue weighted by Crippen LogP contribution is 2.30. The number of benzene rings is 2. The maximum Gasteiger partial charge on any atom is 0.278 e. The van der Waals surface area contributed by atoms with Crippen LogP contribution in [0.5, 0.6) is 5.75 Å². The third-order valence-corrected chi connectivity index (χ3v) is 7.15. The summed E-state index contributed by atoms with van der Waals surface area (Å²) in [6, 6.07) is 18.2. The van der Waals surface area contributed by atoms with Crippen LogP contribution in [0.2, 0.25) is 0 Å². The number of carbonyl (C=O) groups excluding carboxylic acids is 1. The van der Waals surface area contributed by atoms with Crippen molar-refractivity contribution in [3.63, 3.8) is 0 Å². The monoisotopic (exact) mass is 447 g/mol. The summed E-state index contributed by atoms with van der Waals surface area (Å²) in [4.78, 5) is 22.3. The summed E-state index contributed by atoms with van der Waals surface area (Å²) in [7, 11) is 1.57. The summed E-state index contributed by atoms with van der Waals surface area (Å²) in [6.07, 6.45) is 1.76. The number of para-hydroxylation sites is 2. The van der Waals surface area contributed by atoms with Gasteiger partial charge in [-0.25, -0.2) is 9.67 Å². The van der Waals surface area contributed by atoms with E-state index in [1.165, 1.54) is 4.70 Å². The third-order valence-electron chi connectivity index (χ3n) is 5.94. The van der Waals surface area contributed by atoms with E-state index in [0.29, 0.717) is 24.5 Å². The molecule has 0 bridgehead atoms. The maximum atomic E-state index is 13.2. The van der Waals surface area contributed by atoms with Crippen molar-refractivity contribution in [1.82, 2.24) is 24.6 Å². The van der Waals surface area contributed by atoms with Crippen molar-refractivity contribution in [3.8, 4) is 11.4 Å². The predicted molar refractivity (Wildman–Crippen MR) is 126 cm³/mol. The number of amides is 1. The molecular formula is C24H25N5O2S. The Morgan fingerprint density at radius 1 is 1.03 bits per heavy atom. The molecule has 164 valence electrons. The number of fused-ring (bicyclic) bond motifs is 1. The second kappa shape index (κ2) is 8.72. The molecule has 1 saturated heterocycles. The Labute approximate surface area is 190 Å². The summed E-state index contributed by atoms with van der Waals surface area (Å²) in [5.41, 5.74) is 2.29. The van der Waals surface area contributed by atoms with Crippen molar-refractivity contribution < 1.29 is 9.53 Å². The number of thiazole rings is 1. The fraction of sp³-hybridized carbons (Fsp3) is 0.292. The van der Waals surface area contributed by atoms with Gasteiger partial charge in [-0.15, -0.1) is 11.3 Å². The van der Waals surface area contributed by atoms with Crippen LogP contribution < -0.4 is 4.74 Å². The van der Waals surface area contributed by atoms with Gasteiger partial charge in [0.2, 0.25) is 0 Å². The molecule has 32 heavy (non-hydrogen) atoms. The smallest absolute Gasteiger partial charge is 0.278 e. The Kier molecular flexibility index (Phi) is 5.63. The number of carbonyl (C=O) groups is 1. The molecule has 3 heterocycles. The highest BCUT2D eigenvalue weighted by atomic mass is 32.1. The minimum absolute atomic E-state index is 0.0937. The van der Waals surface area contributed by atoms with Gasteiger partial charge in [-0.3, -0.25) is 9.69 Å². The van der Waals surface area contributed by atoms with Crippen molar-refractivity contribution in [1.29, 1.82) is 0 Å². The molecule has 1 aliphatic heterocycles. The summed E-state index contributed by atoms with van der Waals surface area (Å²) in [5.74, 6) is 0.396. The Morgan fingerprint density at radius 2 is 1.75 bits per heavy atom. The van der Waals surface area contributed by atoms with Gasteiger partial charge in [0.25, 0.3) is 5.91 Å². The zero-order valence-electron chi connectivity index (χ0n) is 18.1. The molecule has 1 aliphatic rings. The topological polar surface area (TPSA) is 63.5 Å². The summed E-state index contributed by atoms with van der Waals surface area (Å²) in [6.45, 7) is 5.08. The van der Waals surface area contributed by atoms with E-state index in [9.17, 15) is 4.79 Å². The number of piperazine rings is 1. The van der Waals surface area contributed by atoms with E-state index in [1.807, 2.05) is 47.4 Å². The molecule has 8 heteroatoms. The van der Waals surface area contributed by atoms with Crippen LogP contribution in [0.1, 0.15) is 28.5 Å². The first-order valence-electron chi connectivity index (χ1n) is 10.7. The Hall–Kier alpha value is -3.23. The average molecular weight is 448 g/mol. The average Bonchev–Trinajstić information content (AvgIpc) is 3.48. The molecular weight excluding hydrogens is 422 g/mol. The molecule has 0 unspecified atom stereocenters.